The van der Waals surface area contributed by atoms with Crippen molar-refractivity contribution in [3.05, 3.63) is 53.0 Å². The molecule has 0 amide bonds. The molecule has 0 spiro atoms. The van der Waals surface area contributed by atoms with Gasteiger partial charge in [-0.1, -0.05) is 30.3 Å². The van der Waals surface area contributed by atoms with Gasteiger partial charge in [0.2, 0.25) is 0 Å². The minimum atomic E-state index is -0.419. The van der Waals surface area contributed by atoms with Gasteiger partial charge in [-0.2, -0.15) is 0 Å². The molecule has 3 aromatic rings. The average molecular weight is 269 g/mol. The van der Waals surface area contributed by atoms with Gasteiger partial charge < -0.3 is 5.11 Å². The van der Waals surface area contributed by atoms with Gasteiger partial charge in [-0.25, -0.2) is 4.98 Å². The fourth-order valence-corrected chi connectivity index (χ4v) is 2.98. The molecule has 2 aromatic carbocycles. The lowest BCUT2D eigenvalue weighted by molar-refractivity contribution is 0.199. The average Bonchev–Trinajstić information content (AvgIpc) is 2.77. The summed E-state index contributed by atoms with van der Waals surface area (Å²) in [4.78, 5) is 4.52. The Hall–Kier alpha value is -1.71. The largest absolute Gasteiger partial charge is 0.389 e. The first kappa shape index (κ1) is 12.3. The maximum absolute atomic E-state index is 9.52. The highest BCUT2D eigenvalue weighted by atomic mass is 32.1. The fourth-order valence-electron chi connectivity index (χ4n) is 2.18. The fraction of sp³-hybridized carbons (Fsp3) is 0.188. The smallest absolute Gasteiger partial charge is 0.0907 e. The SMILES string of the molecule is Cc1nc2cc(-c3ccc(C(C)O)cc3)ccc2s1. The number of hydrogen-bond donors (Lipinski definition) is 1. The van der Waals surface area contributed by atoms with Gasteiger partial charge in [0.15, 0.2) is 0 Å². The van der Waals surface area contributed by atoms with Gasteiger partial charge >= 0.3 is 0 Å². The van der Waals surface area contributed by atoms with E-state index in [-0.39, 0.29) is 0 Å². The van der Waals surface area contributed by atoms with Crippen molar-refractivity contribution < 1.29 is 5.11 Å². The Morgan fingerprint density at radius 1 is 1.05 bits per heavy atom. The van der Waals surface area contributed by atoms with Crippen molar-refractivity contribution >= 4 is 21.6 Å². The molecule has 1 aromatic heterocycles. The van der Waals surface area contributed by atoms with E-state index < -0.39 is 6.10 Å². The van der Waals surface area contributed by atoms with Crippen LogP contribution in [0.4, 0.5) is 0 Å². The van der Waals surface area contributed by atoms with Crippen LogP contribution >= 0.6 is 11.3 Å². The van der Waals surface area contributed by atoms with Crippen LogP contribution in [0.1, 0.15) is 23.6 Å². The number of fused-ring (bicyclic) bond motifs is 1. The lowest BCUT2D eigenvalue weighted by atomic mass is 10.0. The molecule has 0 fully saturated rings. The number of benzene rings is 2. The van der Waals surface area contributed by atoms with Crippen molar-refractivity contribution in [3.8, 4) is 11.1 Å². The third-order valence-electron chi connectivity index (χ3n) is 3.22. The highest BCUT2D eigenvalue weighted by molar-refractivity contribution is 7.18. The summed E-state index contributed by atoms with van der Waals surface area (Å²) in [5.74, 6) is 0. The second kappa shape index (κ2) is 4.76. The summed E-state index contributed by atoms with van der Waals surface area (Å²) < 4.78 is 1.22. The first-order valence-electron chi connectivity index (χ1n) is 6.29. The van der Waals surface area contributed by atoms with E-state index in [4.69, 9.17) is 0 Å². The van der Waals surface area contributed by atoms with Gasteiger partial charge in [0, 0.05) is 0 Å². The Bertz CT molecular complexity index is 713. The maximum Gasteiger partial charge on any atom is 0.0907 e. The summed E-state index contributed by atoms with van der Waals surface area (Å²) in [6.07, 6.45) is -0.419. The summed E-state index contributed by atoms with van der Waals surface area (Å²) in [7, 11) is 0. The molecule has 1 atom stereocenters. The zero-order valence-corrected chi connectivity index (χ0v) is 11.7. The van der Waals surface area contributed by atoms with Crippen LogP contribution in [0.3, 0.4) is 0 Å². The second-order valence-corrected chi connectivity index (χ2v) is 5.95. The standard InChI is InChI=1S/C16H15NOS/c1-10(18)12-3-5-13(6-4-12)14-7-8-16-15(9-14)17-11(2)19-16/h3-10,18H,1-2H3. The van der Waals surface area contributed by atoms with E-state index in [1.54, 1.807) is 18.3 Å². The van der Waals surface area contributed by atoms with Crippen molar-refractivity contribution in [1.29, 1.82) is 0 Å². The second-order valence-electron chi connectivity index (χ2n) is 4.71. The van der Waals surface area contributed by atoms with Gasteiger partial charge in [-0.3, -0.25) is 0 Å². The van der Waals surface area contributed by atoms with Crippen LogP contribution in [-0.2, 0) is 0 Å². The van der Waals surface area contributed by atoms with Crippen molar-refractivity contribution in [3.63, 3.8) is 0 Å². The first-order valence-corrected chi connectivity index (χ1v) is 7.11. The predicted octanol–water partition coefficient (Wildman–Crippen LogP) is 4.33. The number of aryl methyl sites for hydroxylation is 1. The van der Waals surface area contributed by atoms with E-state index in [1.807, 2.05) is 31.2 Å². The molecule has 0 saturated heterocycles. The highest BCUT2D eigenvalue weighted by Crippen LogP contribution is 2.28. The Morgan fingerprint density at radius 3 is 2.42 bits per heavy atom. The van der Waals surface area contributed by atoms with Crippen LogP contribution in [0.5, 0.6) is 0 Å². The van der Waals surface area contributed by atoms with Crippen LogP contribution in [-0.4, -0.2) is 10.1 Å². The van der Waals surface area contributed by atoms with Crippen LogP contribution in [0.2, 0.25) is 0 Å². The normalized spacial score (nSPS) is 12.8. The third-order valence-corrected chi connectivity index (χ3v) is 4.17. The molecule has 19 heavy (non-hydrogen) atoms. The molecule has 0 aliphatic heterocycles. The molecule has 96 valence electrons. The predicted molar refractivity (Wildman–Crippen MR) is 80.4 cm³/mol. The van der Waals surface area contributed by atoms with Crippen molar-refractivity contribution in [2.45, 2.75) is 20.0 Å². The summed E-state index contributed by atoms with van der Waals surface area (Å²) in [6, 6.07) is 14.4. The lowest BCUT2D eigenvalue weighted by Gasteiger charge is -2.06. The van der Waals surface area contributed by atoms with Crippen molar-refractivity contribution in [1.82, 2.24) is 4.98 Å². The number of thiazole rings is 1. The maximum atomic E-state index is 9.52. The van der Waals surface area contributed by atoms with Gasteiger partial charge in [0.1, 0.15) is 0 Å². The summed E-state index contributed by atoms with van der Waals surface area (Å²) in [6.45, 7) is 3.81. The van der Waals surface area contributed by atoms with Gasteiger partial charge in [0.25, 0.3) is 0 Å². The Kier molecular flexibility index (Phi) is 3.09. The molecule has 3 heteroatoms. The summed E-state index contributed by atoms with van der Waals surface area (Å²) >= 11 is 1.72. The van der Waals surface area contributed by atoms with E-state index in [0.717, 1.165) is 27.2 Å². The zero-order valence-electron chi connectivity index (χ0n) is 10.9. The highest BCUT2D eigenvalue weighted by Gasteiger charge is 2.05. The van der Waals surface area contributed by atoms with Crippen LogP contribution in [0.15, 0.2) is 42.5 Å². The van der Waals surface area contributed by atoms with E-state index in [2.05, 4.69) is 23.2 Å². The Balaban J connectivity index is 2.03. The molecule has 0 aliphatic carbocycles. The number of aliphatic hydroxyl groups excluding tert-OH is 1. The zero-order chi connectivity index (χ0) is 13.4. The van der Waals surface area contributed by atoms with Crippen molar-refractivity contribution in [2.75, 3.05) is 0 Å². The number of aromatic nitrogens is 1. The molecule has 1 heterocycles. The topological polar surface area (TPSA) is 33.1 Å². The summed E-state index contributed by atoms with van der Waals surface area (Å²) in [5.41, 5.74) is 4.31. The van der Waals surface area contributed by atoms with Crippen molar-refractivity contribution in [2.24, 2.45) is 0 Å². The molecule has 0 radical (unpaired) electrons. The van der Waals surface area contributed by atoms with E-state index >= 15 is 0 Å². The lowest BCUT2D eigenvalue weighted by Crippen LogP contribution is -1.90. The van der Waals surface area contributed by atoms with Crippen LogP contribution in [0.25, 0.3) is 21.3 Å². The monoisotopic (exact) mass is 269 g/mol. The third kappa shape index (κ3) is 2.39. The molecule has 1 unspecified atom stereocenters. The first-order chi connectivity index (χ1) is 9.13. The van der Waals surface area contributed by atoms with E-state index in [1.165, 1.54) is 4.70 Å². The minimum absolute atomic E-state index is 0.419. The van der Waals surface area contributed by atoms with Crippen LogP contribution < -0.4 is 0 Å². The molecule has 0 aliphatic rings. The number of hydrogen-bond acceptors (Lipinski definition) is 3. The van der Waals surface area contributed by atoms with Gasteiger partial charge in [0.05, 0.1) is 21.3 Å². The molecule has 0 bridgehead atoms. The molecular formula is C16H15NOS. The van der Waals surface area contributed by atoms with Crippen LogP contribution in [0, 0.1) is 6.92 Å². The molecule has 3 rings (SSSR count). The quantitative estimate of drug-likeness (QED) is 0.751. The van der Waals surface area contributed by atoms with Gasteiger partial charge in [-0.05, 0) is 42.7 Å². The molecule has 0 saturated carbocycles. The Morgan fingerprint density at radius 2 is 1.74 bits per heavy atom. The Labute approximate surface area is 116 Å². The number of nitrogens with zero attached hydrogens (tertiary/aromatic N) is 1. The number of aliphatic hydroxyl groups is 1. The molecule has 2 nitrogen and oxygen atoms in total. The number of rotatable bonds is 2. The minimum Gasteiger partial charge on any atom is -0.389 e. The van der Waals surface area contributed by atoms with Gasteiger partial charge in [-0.15, -0.1) is 11.3 Å². The van der Waals surface area contributed by atoms with E-state index in [9.17, 15) is 5.11 Å². The molecular weight excluding hydrogens is 254 g/mol. The summed E-state index contributed by atoms with van der Waals surface area (Å²) in [5, 5.41) is 10.6. The molecule has 1 N–H and O–H groups in total. The van der Waals surface area contributed by atoms with E-state index in [0.29, 0.717) is 0 Å².